The highest BCUT2D eigenvalue weighted by Crippen LogP contribution is 2.12. The van der Waals surface area contributed by atoms with Crippen molar-refractivity contribution in [3.8, 4) is 11.8 Å². The third kappa shape index (κ3) is 4.29. The van der Waals surface area contributed by atoms with E-state index >= 15 is 0 Å². The standard InChI is InChI=1S/C17H16N6O2/c18-8-2-9-22(12-16-3-1-10-25-16)17(24)11-14-4-6-15(7-5-14)23-13-19-20-21-23/h1,3-7,10,13H,2,9,11-12H2. The van der Waals surface area contributed by atoms with Crippen molar-refractivity contribution >= 4 is 5.91 Å². The molecular formula is C17H16N6O2. The molecule has 0 spiro atoms. The maximum atomic E-state index is 12.6. The molecule has 0 aliphatic heterocycles. The number of nitriles is 1. The molecule has 3 rings (SSSR count). The minimum Gasteiger partial charge on any atom is -0.467 e. The van der Waals surface area contributed by atoms with Gasteiger partial charge < -0.3 is 9.32 Å². The first-order chi connectivity index (χ1) is 12.3. The number of carbonyl (C=O) groups excluding carboxylic acids is 1. The van der Waals surface area contributed by atoms with Crippen LogP contribution in [0.15, 0.2) is 53.4 Å². The Morgan fingerprint density at radius 3 is 2.76 bits per heavy atom. The maximum Gasteiger partial charge on any atom is 0.227 e. The van der Waals surface area contributed by atoms with Crippen molar-refractivity contribution in [1.29, 1.82) is 5.26 Å². The zero-order valence-corrected chi connectivity index (χ0v) is 13.4. The lowest BCUT2D eigenvalue weighted by Gasteiger charge is -2.20. The monoisotopic (exact) mass is 336 g/mol. The Hall–Kier alpha value is -3.47. The summed E-state index contributed by atoms with van der Waals surface area (Å²) in [5.74, 6) is 0.641. The molecule has 1 amide bonds. The highest BCUT2D eigenvalue weighted by molar-refractivity contribution is 5.78. The van der Waals surface area contributed by atoms with Crippen LogP contribution >= 0.6 is 0 Å². The van der Waals surface area contributed by atoms with Crippen LogP contribution in [0.25, 0.3) is 5.69 Å². The zero-order valence-electron chi connectivity index (χ0n) is 13.4. The van der Waals surface area contributed by atoms with Gasteiger partial charge in [-0.3, -0.25) is 4.79 Å². The van der Waals surface area contributed by atoms with Crippen LogP contribution in [-0.2, 0) is 17.8 Å². The van der Waals surface area contributed by atoms with Gasteiger partial charge in [-0.15, -0.1) is 5.10 Å². The summed E-state index contributed by atoms with van der Waals surface area (Å²) < 4.78 is 6.85. The van der Waals surface area contributed by atoms with Gasteiger partial charge in [0.2, 0.25) is 5.91 Å². The molecule has 0 radical (unpaired) electrons. The summed E-state index contributed by atoms with van der Waals surface area (Å²) >= 11 is 0. The summed E-state index contributed by atoms with van der Waals surface area (Å²) in [4.78, 5) is 14.2. The van der Waals surface area contributed by atoms with Crippen LogP contribution in [0, 0.1) is 11.3 Å². The zero-order chi connectivity index (χ0) is 17.5. The van der Waals surface area contributed by atoms with Crippen LogP contribution in [-0.4, -0.2) is 37.6 Å². The van der Waals surface area contributed by atoms with E-state index in [-0.39, 0.29) is 18.7 Å². The number of benzene rings is 1. The van der Waals surface area contributed by atoms with Crippen LogP contribution < -0.4 is 0 Å². The smallest absolute Gasteiger partial charge is 0.227 e. The minimum absolute atomic E-state index is 0.0539. The second kappa shape index (κ2) is 7.88. The molecule has 8 nitrogen and oxygen atoms in total. The van der Waals surface area contributed by atoms with Gasteiger partial charge >= 0.3 is 0 Å². The molecule has 0 bridgehead atoms. The van der Waals surface area contributed by atoms with Gasteiger partial charge in [0.25, 0.3) is 0 Å². The van der Waals surface area contributed by atoms with E-state index in [2.05, 4.69) is 21.6 Å². The lowest BCUT2D eigenvalue weighted by molar-refractivity contribution is -0.131. The van der Waals surface area contributed by atoms with Crippen molar-refractivity contribution in [2.45, 2.75) is 19.4 Å². The van der Waals surface area contributed by atoms with Crippen LogP contribution in [0.4, 0.5) is 0 Å². The third-order valence-electron chi connectivity index (χ3n) is 3.68. The quantitative estimate of drug-likeness (QED) is 0.651. The number of aromatic nitrogens is 4. The predicted molar refractivity (Wildman–Crippen MR) is 87.2 cm³/mol. The van der Waals surface area contributed by atoms with E-state index in [0.29, 0.717) is 18.8 Å². The Kier molecular flexibility index (Phi) is 5.16. The van der Waals surface area contributed by atoms with Gasteiger partial charge in [0.1, 0.15) is 12.1 Å². The predicted octanol–water partition coefficient (Wildman–Crippen LogP) is 1.74. The summed E-state index contributed by atoms with van der Waals surface area (Å²) in [6.45, 7) is 0.731. The molecule has 0 aliphatic carbocycles. The summed E-state index contributed by atoms with van der Waals surface area (Å²) in [6, 6.07) is 13.1. The van der Waals surface area contributed by atoms with Crippen molar-refractivity contribution in [2.24, 2.45) is 0 Å². The highest BCUT2D eigenvalue weighted by Gasteiger charge is 2.15. The normalized spacial score (nSPS) is 10.4. The molecule has 0 N–H and O–H groups in total. The Bertz CT molecular complexity index is 834. The number of tetrazole rings is 1. The Labute approximate surface area is 144 Å². The summed E-state index contributed by atoms with van der Waals surface area (Å²) in [5.41, 5.74) is 1.70. The molecule has 2 heterocycles. The Morgan fingerprint density at radius 1 is 1.28 bits per heavy atom. The van der Waals surface area contributed by atoms with Gasteiger partial charge in [-0.1, -0.05) is 12.1 Å². The molecule has 0 aliphatic rings. The first-order valence-corrected chi connectivity index (χ1v) is 7.75. The van der Waals surface area contributed by atoms with E-state index in [4.69, 9.17) is 9.68 Å². The molecule has 0 unspecified atom stereocenters. The number of furan rings is 1. The minimum atomic E-state index is -0.0539. The van der Waals surface area contributed by atoms with Crippen molar-refractivity contribution in [2.75, 3.05) is 6.54 Å². The summed E-state index contributed by atoms with van der Waals surface area (Å²) in [7, 11) is 0. The Balaban J connectivity index is 1.66. The fourth-order valence-electron chi connectivity index (χ4n) is 2.40. The van der Waals surface area contributed by atoms with Gasteiger partial charge in [-0.25, -0.2) is 4.68 Å². The van der Waals surface area contributed by atoms with Gasteiger partial charge in [-0.2, -0.15) is 5.26 Å². The molecule has 8 heteroatoms. The molecule has 0 atom stereocenters. The lowest BCUT2D eigenvalue weighted by atomic mass is 10.1. The fraction of sp³-hybridized carbons (Fsp3) is 0.235. The van der Waals surface area contributed by atoms with Crippen molar-refractivity contribution in [1.82, 2.24) is 25.1 Å². The fourth-order valence-corrected chi connectivity index (χ4v) is 2.40. The van der Waals surface area contributed by atoms with Gasteiger partial charge in [0.05, 0.1) is 37.4 Å². The lowest BCUT2D eigenvalue weighted by Crippen LogP contribution is -2.32. The Morgan fingerprint density at radius 2 is 2.12 bits per heavy atom. The van der Waals surface area contributed by atoms with Crippen LogP contribution in [0.5, 0.6) is 0 Å². The first kappa shape index (κ1) is 16.4. The van der Waals surface area contributed by atoms with Crippen LogP contribution in [0.2, 0.25) is 0 Å². The van der Waals surface area contributed by atoms with Gasteiger partial charge in [-0.05, 0) is 40.3 Å². The number of rotatable bonds is 7. The summed E-state index contributed by atoms with van der Waals surface area (Å²) in [5, 5.41) is 19.8. The van der Waals surface area contributed by atoms with E-state index in [0.717, 1.165) is 11.3 Å². The van der Waals surface area contributed by atoms with Crippen molar-refractivity contribution in [3.63, 3.8) is 0 Å². The molecule has 2 aromatic heterocycles. The number of hydrogen-bond acceptors (Lipinski definition) is 6. The van der Waals surface area contributed by atoms with E-state index in [1.807, 2.05) is 30.3 Å². The van der Waals surface area contributed by atoms with Gasteiger partial charge in [0.15, 0.2) is 0 Å². The largest absolute Gasteiger partial charge is 0.467 e. The molecule has 1 aromatic carbocycles. The molecule has 25 heavy (non-hydrogen) atoms. The summed E-state index contributed by atoms with van der Waals surface area (Å²) in [6.07, 6.45) is 3.61. The first-order valence-electron chi connectivity index (χ1n) is 7.75. The number of hydrogen-bond donors (Lipinski definition) is 0. The maximum absolute atomic E-state index is 12.6. The van der Waals surface area contributed by atoms with Crippen LogP contribution in [0.3, 0.4) is 0 Å². The van der Waals surface area contributed by atoms with Crippen molar-refractivity contribution < 1.29 is 9.21 Å². The second-order valence-corrected chi connectivity index (χ2v) is 5.40. The highest BCUT2D eigenvalue weighted by atomic mass is 16.3. The third-order valence-corrected chi connectivity index (χ3v) is 3.68. The number of amides is 1. The number of carbonyl (C=O) groups is 1. The average Bonchev–Trinajstić information content (AvgIpc) is 3.33. The van der Waals surface area contributed by atoms with E-state index in [1.165, 1.54) is 6.33 Å². The van der Waals surface area contributed by atoms with E-state index < -0.39 is 0 Å². The van der Waals surface area contributed by atoms with E-state index in [9.17, 15) is 4.79 Å². The number of nitrogens with zero attached hydrogens (tertiary/aromatic N) is 6. The molecule has 0 saturated carbocycles. The molecule has 3 aromatic rings. The van der Waals surface area contributed by atoms with E-state index in [1.54, 1.807) is 21.9 Å². The van der Waals surface area contributed by atoms with Gasteiger partial charge in [0, 0.05) is 6.54 Å². The SMILES string of the molecule is N#CCCN(Cc1ccco1)C(=O)Cc1ccc(-n2cnnn2)cc1. The average molecular weight is 336 g/mol. The van der Waals surface area contributed by atoms with Crippen molar-refractivity contribution in [3.05, 3.63) is 60.3 Å². The molecule has 126 valence electrons. The second-order valence-electron chi connectivity index (χ2n) is 5.40. The molecular weight excluding hydrogens is 320 g/mol. The van der Waals surface area contributed by atoms with Crippen LogP contribution in [0.1, 0.15) is 17.7 Å². The molecule has 0 fully saturated rings. The topological polar surface area (TPSA) is 101 Å². The molecule has 0 saturated heterocycles.